The first-order valence-corrected chi connectivity index (χ1v) is 9.52. The van der Waals surface area contributed by atoms with E-state index in [2.05, 4.69) is 4.74 Å². The van der Waals surface area contributed by atoms with Crippen LogP contribution in [0, 0.1) is 0 Å². The third-order valence-corrected chi connectivity index (χ3v) is 4.33. The van der Waals surface area contributed by atoms with E-state index in [9.17, 15) is 13.6 Å². The van der Waals surface area contributed by atoms with Gasteiger partial charge in [0, 0.05) is 5.56 Å². The lowest BCUT2D eigenvalue weighted by Gasteiger charge is -2.32. The molecule has 1 saturated heterocycles. The van der Waals surface area contributed by atoms with Crippen molar-refractivity contribution >= 4 is 18.6 Å². The summed E-state index contributed by atoms with van der Waals surface area (Å²) in [7, 11) is -0.634. The van der Waals surface area contributed by atoms with Crippen LogP contribution in [0.2, 0.25) is 0 Å². The summed E-state index contributed by atoms with van der Waals surface area (Å²) in [6.07, 6.45) is 0. The van der Waals surface area contributed by atoms with Crippen LogP contribution in [0.1, 0.15) is 67.9 Å². The number of hydrogen-bond acceptors (Lipinski definition) is 4. The van der Waals surface area contributed by atoms with Crippen molar-refractivity contribution < 1.29 is 27.6 Å². The van der Waals surface area contributed by atoms with Gasteiger partial charge in [0.15, 0.2) is 0 Å². The van der Waals surface area contributed by atoms with Gasteiger partial charge in [-0.25, -0.2) is 4.79 Å². The molecule has 1 fully saturated rings. The second-order valence-electron chi connectivity index (χ2n) is 6.51. The summed E-state index contributed by atoms with van der Waals surface area (Å²) in [6, 6.07) is 5.34. The van der Waals surface area contributed by atoms with E-state index in [1.165, 1.54) is 31.2 Å². The minimum Gasteiger partial charge on any atom is -0.461 e. The van der Waals surface area contributed by atoms with Crippen LogP contribution in [-0.2, 0) is 24.8 Å². The maximum absolute atomic E-state index is 14.0. The van der Waals surface area contributed by atoms with Crippen LogP contribution < -0.4 is 5.46 Å². The first kappa shape index (κ1) is 25.5. The van der Waals surface area contributed by atoms with Crippen molar-refractivity contribution in [3.8, 4) is 0 Å². The van der Waals surface area contributed by atoms with Gasteiger partial charge in [0.1, 0.15) is 0 Å². The summed E-state index contributed by atoms with van der Waals surface area (Å²) in [5.41, 5.74) is -0.820. The van der Waals surface area contributed by atoms with Gasteiger partial charge in [-0.1, -0.05) is 52.0 Å². The van der Waals surface area contributed by atoms with E-state index in [0.717, 1.165) is 0 Å². The van der Waals surface area contributed by atoms with Crippen LogP contribution in [0.5, 0.6) is 0 Å². The van der Waals surface area contributed by atoms with Gasteiger partial charge >= 0.3 is 19.0 Å². The van der Waals surface area contributed by atoms with Crippen LogP contribution in [-0.4, -0.2) is 30.9 Å². The quantitative estimate of drug-likeness (QED) is 0.556. The lowest BCUT2D eigenvalue weighted by Crippen LogP contribution is -2.41. The first-order valence-electron chi connectivity index (χ1n) is 9.52. The Balaban J connectivity index is 0.00000158. The predicted molar refractivity (Wildman–Crippen MR) is 105 cm³/mol. The molecule has 0 bridgehead atoms. The lowest BCUT2D eigenvalue weighted by atomic mass is 9.78. The average molecular weight is 386 g/mol. The molecule has 0 amide bonds. The highest BCUT2D eigenvalue weighted by Gasteiger charge is 2.52. The van der Waals surface area contributed by atoms with Crippen molar-refractivity contribution in [1.82, 2.24) is 0 Å². The van der Waals surface area contributed by atoms with E-state index >= 15 is 0 Å². The average Bonchev–Trinajstić information content (AvgIpc) is 2.86. The highest BCUT2D eigenvalue weighted by Crippen LogP contribution is 2.36. The number of carbonyl (C=O) groups is 1. The highest BCUT2D eigenvalue weighted by atomic mass is 19.3. The Hall–Kier alpha value is -1.47. The molecule has 2 rings (SSSR count). The Morgan fingerprint density at radius 3 is 1.78 bits per heavy atom. The van der Waals surface area contributed by atoms with Crippen molar-refractivity contribution in [2.24, 2.45) is 0 Å². The summed E-state index contributed by atoms with van der Waals surface area (Å²) in [4.78, 5) is 11.4. The monoisotopic (exact) mass is 386 g/mol. The molecule has 4 nitrogen and oxygen atoms in total. The van der Waals surface area contributed by atoms with E-state index in [0.29, 0.717) is 5.46 Å². The molecule has 1 aromatic carbocycles. The number of hydrogen-bond donors (Lipinski definition) is 0. The number of rotatable bonds is 4. The summed E-state index contributed by atoms with van der Waals surface area (Å²) < 4.78 is 44.0. The van der Waals surface area contributed by atoms with Crippen molar-refractivity contribution in [3.63, 3.8) is 0 Å². The Bertz CT molecular complexity index is 570. The topological polar surface area (TPSA) is 44.8 Å². The van der Waals surface area contributed by atoms with Gasteiger partial charge in [0.25, 0.3) is 0 Å². The normalized spacial score (nSPS) is 17.2. The molecule has 1 aliphatic heterocycles. The molecule has 0 atom stereocenters. The molecule has 7 heteroatoms. The van der Waals surface area contributed by atoms with Gasteiger partial charge < -0.3 is 14.0 Å². The highest BCUT2D eigenvalue weighted by molar-refractivity contribution is 6.62. The van der Waals surface area contributed by atoms with E-state index in [4.69, 9.17) is 9.31 Å². The SMILES string of the molecule is CC.CC.CCOC(=O)C(F)(F)c1ccc(B2OC(C)(C)C(C)(C)O2)cc1. The fourth-order valence-electron chi connectivity index (χ4n) is 2.17. The zero-order chi connectivity index (χ0) is 21.5. The third kappa shape index (κ3) is 5.75. The maximum atomic E-state index is 14.0. The molecule has 0 unspecified atom stereocenters. The molecule has 0 N–H and O–H groups in total. The predicted octanol–water partition coefficient (Wildman–Crippen LogP) is 4.69. The zero-order valence-electron chi connectivity index (χ0n) is 18.0. The zero-order valence-corrected chi connectivity index (χ0v) is 18.0. The molecule has 0 radical (unpaired) electrons. The largest absolute Gasteiger partial charge is 0.494 e. The maximum Gasteiger partial charge on any atom is 0.494 e. The summed E-state index contributed by atoms with van der Waals surface area (Å²) in [6.45, 7) is 17.0. The summed E-state index contributed by atoms with van der Waals surface area (Å²) in [5, 5.41) is 0. The van der Waals surface area contributed by atoms with Crippen molar-refractivity contribution in [2.75, 3.05) is 6.61 Å². The number of carbonyl (C=O) groups excluding carboxylic acids is 1. The lowest BCUT2D eigenvalue weighted by molar-refractivity contribution is -0.173. The van der Waals surface area contributed by atoms with Crippen molar-refractivity contribution in [2.45, 2.75) is 79.4 Å². The Morgan fingerprint density at radius 1 is 1.00 bits per heavy atom. The molecular weight excluding hydrogens is 353 g/mol. The van der Waals surface area contributed by atoms with Gasteiger partial charge in [0.05, 0.1) is 17.8 Å². The van der Waals surface area contributed by atoms with Crippen molar-refractivity contribution in [3.05, 3.63) is 29.8 Å². The Kier molecular flexibility index (Phi) is 9.63. The minimum atomic E-state index is -3.68. The van der Waals surface area contributed by atoms with Crippen LogP contribution in [0.3, 0.4) is 0 Å². The molecule has 0 aromatic heterocycles. The number of ether oxygens (including phenoxy) is 1. The Labute approximate surface area is 162 Å². The summed E-state index contributed by atoms with van der Waals surface area (Å²) >= 11 is 0. The molecule has 0 saturated carbocycles. The summed E-state index contributed by atoms with van der Waals surface area (Å²) in [5.74, 6) is -5.23. The molecule has 0 spiro atoms. The van der Waals surface area contributed by atoms with Gasteiger partial charge in [-0.3, -0.25) is 0 Å². The van der Waals surface area contributed by atoms with Crippen LogP contribution >= 0.6 is 0 Å². The fraction of sp³-hybridized carbons (Fsp3) is 0.650. The van der Waals surface area contributed by atoms with Crippen molar-refractivity contribution in [1.29, 1.82) is 0 Å². The number of halogens is 2. The minimum absolute atomic E-state index is 0.0968. The molecule has 1 aromatic rings. The van der Waals surface area contributed by atoms with Crippen LogP contribution in [0.25, 0.3) is 0 Å². The first-order chi connectivity index (χ1) is 12.5. The second-order valence-corrected chi connectivity index (χ2v) is 6.51. The standard InChI is InChI=1S/C16H21BF2O4.2C2H6/c1-6-21-13(20)16(18,19)11-7-9-12(10-8-11)17-22-14(2,3)15(4,5)23-17;2*1-2/h7-10H,6H2,1-5H3;2*1-2H3. The molecule has 1 heterocycles. The van der Waals surface area contributed by atoms with Gasteiger partial charge in [-0.2, -0.15) is 8.78 Å². The molecule has 27 heavy (non-hydrogen) atoms. The third-order valence-electron chi connectivity index (χ3n) is 4.33. The van der Waals surface area contributed by atoms with Gasteiger partial charge in [-0.15, -0.1) is 0 Å². The van der Waals surface area contributed by atoms with E-state index < -0.39 is 35.8 Å². The van der Waals surface area contributed by atoms with Crippen LogP contribution in [0.15, 0.2) is 24.3 Å². The van der Waals surface area contributed by atoms with Gasteiger partial charge in [-0.05, 0) is 40.1 Å². The molecule has 1 aliphatic rings. The molecule has 0 aliphatic carbocycles. The van der Waals surface area contributed by atoms with E-state index in [-0.39, 0.29) is 6.61 Å². The number of benzene rings is 1. The molecular formula is C20H33BF2O4. The van der Waals surface area contributed by atoms with Crippen LogP contribution in [0.4, 0.5) is 8.78 Å². The van der Waals surface area contributed by atoms with Gasteiger partial charge in [0.2, 0.25) is 0 Å². The second kappa shape index (κ2) is 10.2. The number of esters is 1. The van der Waals surface area contributed by atoms with E-state index in [1.54, 1.807) is 0 Å². The molecule has 154 valence electrons. The Morgan fingerprint density at radius 2 is 1.41 bits per heavy atom. The van der Waals surface area contributed by atoms with E-state index in [1.807, 2.05) is 55.4 Å². The number of alkyl halides is 2. The smallest absolute Gasteiger partial charge is 0.461 e. The fourth-order valence-corrected chi connectivity index (χ4v) is 2.17.